The summed E-state index contributed by atoms with van der Waals surface area (Å²) < 4.78 is 11.8. The number of para-hydroxylation sites is 5. The predicted molar refractivity (Wildman–Crippen MR) is 241 cm³/mol. The highest BCUT2D eigenvalue weighted by atomic mass is 16.3. The van der Waals surface area contributed by atoms with Crippen molar-refractivity contribution in [3.8, 4) is 45.3 Å². The Labute approximate surface area is 338 Å². The summed E-state index contributed by atoms with van der Waals surface area (Å²) in [6, 6.07) is 64.5. The Morgan fingerprint density at radius 1 is 0.424 bits per heavy atom. The molecule has 0 unspecified atom stereocenters. The highest BCUT2D eigenvalue weighted by Gasteiger charge is 2.27. The van der Waals surface area contributed by atoms with Crippen LogP contribution in [-0.4, -0.2) is 19.1 Å². The largest absolute Gasteiger partial charge is 0.455 e. The van der Waals surface area contributed by atoms with Crippen molar-refractivity contribution in [2.45, 2.75) is 0 Å². The minimum atomic E-state index is 0.518. The third-order valence-electron chi connectivity index (χ3n) is 11.6. The average molecular weight is 754 g/mol. The second-order valence-electron chi connectivity index (χ2n) is 14.8. The van der Waals surface area contributed by atoms with Gasteiger partial charge in [-0.3, -0.25) is 0 Å². The first-order chi connectivity index (χ1) is 29.2. The molecule has 6 heteroatoms. The minimum Gasteiger partial charge on any atom is -0.455 e. The Hall–Kier alpha value is -8.27. The number of hydrogen-bond donors (Lipinski definition) is 0. The van der Waals surface area contributed by atoms with E-state index in [1.165, 1.54) is 0 Å². The van der Waals surface area contributed by atoms with Gasteiger partial charge in [-0.25, -0.2) is 14.8 Å². The summed E-state index contributed by atoms with van der Waals surface area (Å²) in [5.74, 6) is 0.622. The summed E-state index contributed by atoms with van der Waals surface area (Å²) >= 11 is 0. The van der Waals surface area contributed by atoms with E-state index in [1.807, 2.05) is 60.7 Å². The molecule has 0 aliphatic carbocycles. The molecule has 0 aliphatic rings. The minimum absolute atomic E-state index is 0.518. The lowest BCUT2D eigenvalue weighted by atomic mass is 10.0. The molecule has 0 atom stereocenters. The standard InChI is InChI=1S/C53H31N5O/c1-54-50-47(57-43-27-12-8-21-35(43)36-22-9-13-28-44(36)57)32-48(58-45-29-14-10-23-37(45)38-24-11-15-30-46(38)58)52-49(50)40-26-16-25-39(51(40)59-52)42-31-41(33-17-4-2-5-18-33)55-53(56-42)34-19-6-3-7-20-34/h2-32H. The number of aromatic nitrogens is 4. The first-order valence-electron chi connectivity index (χ1n) is 19.6. The van der Waals surface area contributed by atoms with Crippen LogP contribution in [-0.2, 0) is 0 Å². The van der Waals surface area contributed by atoms with E-state index in [4.69, 9.17) is 21.0 Å². The van der Waals surface area contributed by atoms with E-state index in [9.17, 15) is 0 Å². The molecule has 0 fully saturated rings. The van der Waals surface area contributed by atoms with Gasteiger partial charge in [-0.2, -0.15) is 0 Å². The summed E-state index contributed by atoms with van der Waals surface area (Å²) in [6.07, 6.45) is 0. The molecule has 0 radical (unpaired) electrons. The Kier molecular flexibility index (Phi) is 7.19. The lowest BCUT2D eigenvalue weighted by Gasteiger charge is -2.16. The SMILES string of the molecule is [C-]#[N+]c1c(-n2c3ccccc3c3ccccc32)cc(-n2c3ccccc3c3ccccc32)c2oc3c(-c4cc(-c5ccccc5)nc(-c5ccccc5)n4)cccc3c12. The maximum absolute atomic E-state index is 8.91. The van der Waals surface area contributed by atoms with Crippen molar-refractivity contribution in [1.29, 1.82) is 0 Å². The molecule has 6 nitrogen and oxygen atoms in total. The van der Waals surface area contributed by atoms with Gasteiger partial charge in [-0.1, -0.05) is 146 Å². The number of benzene rings is 8. The van der Waals surface area contributed by atoms with Gasteiger partial charge in [0.1, 0.15) is 11.2 Å². The molecule has 0 saturated carbocycles. The van der Waals surface area contributed by atoms with Gasteiger partial charge >= 0.3 is 0 Å². The molecule has 8 aromatic carbocycles. The molecule has 59 heavy (non-hydrogen) atoms. The van der Waals surface area contributed by atoms with Crippen molar-refractivity contribution in [2.75, 3.05) is 0 Å². The highest BCUT2D eigenvalue weighted by Crippen LogP contribution is 2.48. The Morgan fingerprint density at radius 2 is 0.898 bits per heavy atom. The molecule has 4 aromatic heterocycles. The van der Waals surface area contributed by atoms with Crippen LogP contribution in [0.3, 0.4) is 0 Å². The molecule has 12 aromatic rings. The third kappa shape index (κ3) is 4.92. The van der Waals surface area contributed by atoms with Gasteiger partial charge in [0.15, 0.2) is 5.82 Å². The van der Waals surface area contributed by atoms with Crippen LogP contribution in [0.1, 0.15) is 0 Å². The van der Waals surface area contributed by atoms with E-state index >= 15 is 0 Å². The quantitative estimate of drug-likeness (QED) is 0.164. The van der Waals surface area contributed by atoms with E-state index in [0.29, 0.717) is 22.7 Å². The zero-order valence-corrected chi connectivity index (χ0v) is 31.5. The van der Waals surface area contributed by atoms with Crippen molar-refractivity contribution in [1.82, 2.24) is 19.1 Å². The molecule has 0 aliphatic heterocycles. The molecule has 0 amide bonds. The van der Waals surface area contributed by atoms with Gasteiger partial charge in [0.2, 0.25) is 5.69 Å². The van der Waals surface area contributed by atoms with Crippen LogP contribution in [0.2, 0.25) is 0 Å². The lowest BCUT2D eigenvalue weighted by molar-refractivity contribution is 0.667. The number of rotatable bonds is 5. The smallest absolute Gasteiger partial charge is 0.222 e. The first kappa shape index (κ1) is 32.9. The fraction of sp³-hybridized carbons (Fsp3) is 0. The second kappa shape index (κ2) is 12.9. The van der Waals surface area contributed by atoms with Gasteiger partial charge in [-0.05, 0) is 42.5 Å². The molecule has 0 saturated heterocycles. The van der Waals surface area contributed by atoms with E-state index in [1.54, 1.807) is 0 Å². The number of fused-ring (bicyclic) bond motifs is 9. The van der Waals surface area contributed by atoms with E-state index in [2.05, 4.69) is 141 Å². The maximum Gasteiger partial charge on any atom is 0.222 e. The molecule has 0 N–H and O–H groups in total. The maximum atomic E-state index is 8.91. The third-order valence-corrected chi connectivity index (χ3v) is 11.6. The normalized spacial score (nSPS) is 11.7. The van der Waals surface area contributed by atoms with E-state index < -0.39 is 0 Å². The first-order valence-corrected chi connectivity index (χ1v) is 19.6. The van der Waals surface area contributed by atoms with Crippen LogP contribution in [0.5, 0.6) is 0 Å². The second-order valence-corrected chi connectivity index (χ2v) is 14.8. The highest BCUT2D eigenvalue weighted by molar-refractivity contribution is 6.21. The van der Waals surface area contributed by atoms with E-state index in [-0.39, 0.29) is 0 Å². The molecule has 12 rings (SSSR count). The van der Waals surface area contributed by atoms with Crippen molar-refractivity contribution in [3.63, 3.8) is 0 Å². The van der Waals surface area contributed by atoms with Crippen molar-refractivity contribution in [3.05, 3.63) is 199 Å². The van der Waals surface area contributed by atoms with Gasteiger partial charge in [0, 0.05) is 49.0 Å². The fourth-order valence-corrected chi connectivity index (χ4v) is 9.00. The van der Waals surface area contributed by atoms with Crippen molar-refractivity contribution < 1.29 is 4.42 Å². The molecule has 274 valence electrons. The zero-order chi connectivity index (χ0) is 39.0. The molecule has 4 heterocycles. The van der Waals surface area contributed by atoms with Gasteiger partial charge in [0.05, 0.1) is 51.4 Å². The summed E-state index contributed by atoms with van der Waals surface area (Å²) in [5.41, 5.74) is 11.9. The summed E-state index contributed by atoms with van der Waals surface area (Å²) in [4.78, 5) is 14.6. The van der Waals surface area contributed by atoms with Crippen LogP contribution in [0, 0.1) is 6.57 Å². The van der Waals surface area contributed by atoms with Gasteiger partial charge in [-0.15, -0.1) is 0 Å². The van der Waals surface area contributed by atoms with Crippen LogP contribution < -0.4 is 0 Å². The molecule has 0 bridgehead atoms. The number of nitrogens with zero attached hydrogens (tertiary/aromatic N) is 5. The Balaban J connectivity index is 1.23. The van der Waals surface area contributed by atoms with Crippen LogP contribution >= 0.6 is 0 Å². The van der Waals surface area contributed by atoms with Crippen molar-refractivity contribution >= 4 is 71.2 Å². The van der Waals surface area contributed by atoms with E-state index in [0.717, 1.165) is 93.8 Å². The van der Waals surface area contributed by atoms with Crippen LogP contribution in [0.4, 0.5) is 5.69 Å². The summed E-state index contributed by atoms with van der Waals surface area (Å²) in [7, 11) is 0. The number of furan rings is 1. The topological polar surface area (TPSA) is 53.1 Å². The monoisotopic (exact) mass is 753 g/mol. The van der Waals surface area contributed by atoms with Gasteiger partial charge in [0.25, 0.3) is 0 Å². The van der Waals surface area contributed by atoms with Crippen LogP contribution in [0.15, 0.2) is 192 Å². The fourth-order valence-electron chi connectivity index (χ4n) is 9.00. The van der Waals surface area contributed by atoms with Crippen molar-refractivity contribution in [2.24, 2.45) is 0 Å². The molecular formula is C53H31N5O. The summed E-state index contributed by atoms with van der Waals surface area (Å²) in [5, 5.41) is 6.14. The molecular weight excluding hydrogens is 723 g/mol. The Bertz CT molecular complexity index is 3520. The van der Waals surface area contributed by atoms with Crippen LogP contribution in [0.25, 0.3) is 116 Å². The zero-order valence-electron chi connectivity index (χ0n) is 31.5. The number of hydrogen-bond acceptors (Lipinski definition) is 3. The lowest BCUT2D eigenvalue weighted by Crippen LogP contribution is -2.00. The summed E-state index contributed by atoms with van der Waals surface area (Å²) in [6.45, 7) is 8.91. The Morgan fingerprint density at radius 3 is 1.46 bits per heavy atom. The molecule has 0 spiro atoms. The van der Waals surface area contributed by atoms with Gasteiger partial charge < -0.3 is 13.6 Å². The average Bonchev–Trinajstić information content (AvgIpc) is 3.97. The predicted octanol–water partition coefficient (Wildman–Crippen LogP) is 14.1.